The molecule has 1 aromatic rings. The van der Waals surface area contributed by atoms with Gasteiger partial charge in [0.2, 0.25) is 0 Å². The predicted octanol–water partition coefficient (Wildman–Crippen LogP) is 2.39. The molecule has 18 heavy (non-hydrogen) atoms. The fourth-order valence-corrected chi connectivity index (χ4v) is 3.21. The molecule has 0 bridgehead atoms. The van der Waals surface area contributed by atoms with Gasteiger partial charge in [-0.2, -0.15) is 0 Å². The number of likely N-dealkylation sites (tertiary alicyclic amines) is 1. The van der Waals surface area contributed by atoms with E-state index in [2.05, 4.69) is 22.2 Å². The van der Waals surface area contributed by atoms with Crippen molar-refractivity contribution in [1.29, 1.82) is 0 Å². The zero-order chi connectivity index (χ0) is 13.0. The summed E-state index contributed by atoms with van der Waals surface area (Å²) in [6, 6.07) is 0. The molecular formula is C13H20N2O2S. The van der Waals surface area contributed by atoms with Crippen molar-refractivity contribution in [2.75, 3.05) is 13.1 Å². The van der Waals surface area contributed by atoms with E-state index in [0.717, 1.165) is 51.0 Å². The molecule has 2 heterocycles. The molecule has 0 spiro atoms. The van der Waals surface area contributed by atoms with Crippen molar-refractivity contribution < 1.29 is 9.90 Å². The van der Waals surface area contributed by atoms with E-state index in [1.54, 1.807) is 11.3 Å². The van der Waals surface area contributed by atoms with Crippen LogP contribution in [0, 0.1) is 5.92 Å². The molecule has 0 unspecified atom stereocenters. The van der Waals surface area contributed by atoms with Crippen molar-refractivity contribution in [3.05, 3.63) is 16.1 Å². The van der Waals surface area contributed by atoms with Crippen LogP contribution in [-0.4, -0.2) is 34.0 Å². The van der Waals surface area contributed by atoms with Crippen LogP contribution in [0.2, 0.25) is 0 Å². The summed E-state index contributed by atoms with van der Waals surface area (Å²) in [5.41, 5.74) is 1.14. The molecule has 1 fully saturated rings. The van der Waals surface area contributed by atoms with E-state index in [9.17, 15) is 4.79 Å². The Kier molecular flexibility index (Phi) is 4.72. The molecule has 0 aromatic carbocycles. The highest BCUT2D eigenvalue weighted by Gasteiger charge is 2.24. The minimum atomic E-state index is -0.645. The maximum atomic E-state index is 10.9. The molecule has 0 radical (unpaired) electrons. The Morgan fingerprint density at radius 1 is 1.56 bits per heavy atom. The molecule has 4 nitrogen and oxygen atoms in total. The van der Waals surface area contributed by atoms with Crippen LogP contribution < -0.4 is 0 Å². The Bertz CT molecular complexity index is 397. The lowest BCUT2D eigenvalue weighted by molar-refractivity contribution is -0.143. The van der Waals surface area contributed by atoms with Gasteiger partial charge in [-0.3, -0.25) is 9.69 Å². The minimum Gasteiger partial charge on any atom is -0.481 e. The number of hydrogen-bond acceptors (Lipinski definition) is 4. The molecule has 0 saturated carbocycles. The predicted molar refractivity (Wildman–Crippen MR) is 71.7 cm³/mol. The summed E-state index contributed by atoms with van der Waals surface area (Å²) in [6.45, 7) is 4.78. The van der Waals surface area contributed by atoms with Crippen LogP contribution in [0.15, 0.2) is 5.38 Å². The largest absolute Gasteiger partial charge is 0.481 e. The van der Waals surface area contributed by atoms with Crippen LogP contribution in [-0.2, 0) is 17.8 Å². The van der Waals surface area contributed by atoms with Gasteiger partial charge < -0.3 is 5.11 Å². The van der Waals surface area contributed by atoms with Crippen LogP contribution in [0.4, 0.5) is 0 Å². The number of hydrogen-bond donors (Lipinski definition) is 1. The van der Waals surface area contributed by atoms with E-state index >= 15 is 0 Å². The Balaban J connectivity index is 1.81. The van der Waals surface area contributed by atoms with Gasteiger partial charge >= 0.3 is 5.97 Å². The Labute approximate surface area is 112 Å². The Morgan fingerprint density at radius 3 is 2.89 bits per heavy atom. The van der Waals surface area contributed by atoms with Crippen molar-refractivity contribution in [2.24, 2.45) is 5.92 Å². The van der Waals surface area contributed by atoms with E-state index in [4.69, 9.17) is 5.11 Å². The number of carboxylic acid groups (broad SMARTS) is 1. The number of thiazole rings is 1. The summed E-state index contributed by atoms with van der Waals surface area (Å²) in [4.78, 5) is 17.8. The normalized spacial score (nSPS) is 18.1. The monoisotopic (exact) mass is 268 g/mol. The molecule has 2 rings (SSSR count). The van der Waals surface area contributed by atoms with Crippen LogP contribution in [0.5, 0.6) is 0 Å². The first-order valence-corrected chi connectivity index (χ1v) is 7.45. The van der Waals surface area contributed by atoms with Crippen molar-refractivity contribution in [3.8, 4) is 0 Å². The second-order valence-corrected chi connectivity index (χ2v) is 5.81. The van der Waals surface area contributed by atoms with Gasteiger partial charge in [-0.15, -0.1) is 11.3 Å². The minimum absolute atomic E-state index is 0.146. The number of aromatic nitrogens is 1. The second kappa shape index (κ2) is 6.29. The van der Waals surface area contributed by atoms with Gasteiger partial charge in [0.15, 0.2) is 0 Å². The Hall–Kier alpha value is -0.940. The third-order valence-electron chi connectivity index (χ3n) is 3.39. The molecule has 1 saturated heterocycles. The molecule has 1 N–H and O–H groups in total. The van der Waals surface area contributed by atoms with Crippen LogP contribution in [0.1, 0.15) is 36.9 Å². The molecule has 1 aliphatic heterocycles. The number of rotatable bonds is 5. The number of carbonyl (C=O) groups is 1. The van der Waals surface area contributed by atoms with Crippen molar-refractivity contribution >= 4 is 17.3 Å². The number of carboxylic acids is 1. The van der Waals surface area contributed by atoms with Crippen molar-refractivity contribution in [3.63, 3.8) is 0 Å². The molecule has 0 aliphatic carbocycles. The third kappa shape index (κ3) is 3.53. The SMILES string of the molecule is CCCc1nc(CN2CCC(C(=O)O)CC2)cs1. The fraction of sp³-hybridized carbons (Fsp3) is 0.692. The number of piperidine rings is 1. The third-order valence-corrected chi connectivity index (χ3v) is 4.34. The van der Waals surface area contributed by atoms with Crippen LogP contribution in [0.25, 0.3) is 0 Å². The Morgan fingerprint density at radius 2 is 2.28 bits per heavy atom. The van der Waals surface area contributed by atoms with Crippen LogP contribution in [0.3, 0.4) is 0 Å². The lowest BCUT2D eigenvalue weighted by atomic mass is 9.97. The summed E-state index contributed by atoms with van der Waals surface area (Å²) >= 11 is 1.74. The topological polar surface area (TPSA) is 53.4 Å². The summed E-state index contributed by atoms with van der Waals surface area (Å²) < 4.78 is 0. The van der Waals surface area contributed by atoms with E-state index in [0.29, 0.717) is 0 Å². The van der Waals surface area contributed by atoms with E-state index in [1.807, 2.05) is 0 Å². The highest BCUT2D eigenvalue weighted by Crippen LogP contribution is 2.20. The highest BCUT2D eigenvalue weighted by atomic mass is 32.1. The quantitative estimate of drug-likeness (QED) is 0.891. The van der Waals surface area contributed by atoms with Gasteiger partial charge in [-0.1, -0.05) is 6.92 Å². The molecule has 100 valence electrons. The first kappa shape index (κ1) is 13.5. The molecular weight excluding hydrogens is 248 g/mol. The van der Waals surface area contributed by atoms with Gasteiger partial charge in [0.1, 0.15) is 0 Å². The first-order chi connectivity index (χ1) is 8.69. The molecule has 1 aromatic heterocycles. The van der Waals surface area contributed by atoms with Crippen molar-refractivity contribution in [1.82, 2.24) is 9.88 Å². The lowest BCUT2D eigenvalue weighted by Crippen LogP contribution is -2.35. The van der Waals surface area contributed by atoms with E-state index < -0.39 is 5.97 Å². The maximum absolute atomic E-state index is 10.9. The van der Waals surface area contributed by atoms with Gasteiger partial charge in [-0.25, -0.2) is 4.98 Å². The highest BCUT2D eigenvalue weighted by molar-refractivity contribution is 7.09. The zero-order valence-corrected chi connectivity index (χ0v) is 11.6. The molecule has 1 aliphatic rings. The average Bonchev–Trinajstić information content (AvgIpc) is 2.78. The average molecular weight is 268 g/mol. The number of aliphatic carboxylic acids is 1. The smallest absolute Gasteiger partial charge is 0.306 e. The number of nitrogens with zero attached hydrogens (tertiary/aromatic N) is 2. The first-order valence-electron chi connectivity index (χ1n) is 6.57. The zero-order valence-electron chi connectivity index (χ0n) is 10.8. The summed E-state index contributed by atoms with van der Waals surface area (Å²) in [6.07, 6.45) is 3.73. The van der Waals surface area contributed by atoms with Crippen LogP contribution >= 0.6 is 11.3 Å². The lowest BCUT2D eigenvalue weighted by Gasteiger charge is -2.29. The summed E-state index contributed by atoms with van der Waals surface area (Å²) in [7, 11) is 0. The van der Waals surface area contributed by atoms with Gasteiger partial charge in [0, 0.05) is 11.9 Å². The van der Waals surface area contributed by atoms with Gasteiger partial charge in [0.05, 0.1) is 16.6 Å². The fourth-order valence-electron chi connectivity index (χ4n) is 2.32. The standard InChI is InChI=1S/C13H20N2O2S/c1-2-3-12-14-11(9-18-12)8-15-6-4-10(5-7-15)13(16)17/h9-10H,2-8H2,1H3,(H,16,17). The molecule has 5 heteroatoms. The number of aryl methyl sites for hydroxylation is 1. The van der Waals surface area contributed by atoms with Gasteiger partial charge in [0.25, 0.3) is 0 Å². The summed E-state index contributed by atoms with van der Waals surface area (Å²) in [5, 5.41) is 12.3. The van der Waals surface area contributed by atoms with Crippen molar-refractivity contribution in [2.45, 2.75) is 39.2 Å². The maximum Gasteiger partial charge on any atom is 0.306 e. The molecule has 0 amide bonds. The van der Waals surface area contributed by atoms with Gasteiger partial charge in [-0.05, 0) is 38.8 Å². The van der Waals surface area contributed by atoms with E-state index in [-0.39, 0.29) is 5.92 Å². The summed E-state index contributed by atoms with van der Waals surface area (Å²) in [5.74, 6) is -0.791. The van der Waals surface area contributed by atoms with E-state index in [1.165, 1.54) is 5.01 Å². The second-order valence-electron chi connectivity index (χ2n) is 4.87. The molecule has 0 atom stereocenters.